The first-order valence-electron chi connectivity index (χ1n) is 7.97. The minimum atomic E-state index is -1.49. The van der Waals surface area contributed by atoms with Gasteiger partial charge >= 0.3 is 5.97 Å². The lowest BCUT2D eigenvalue weighted by atomic mass is 10.0. The van der Waals surface area contributed by atoms with Gasteiger partial charge in [0.15, 0.2) is 17.0 Å². The van der Waals surface area contributed by atoms with Gasteiger partial charge in [-0.1, -0.05) is 0 Å². The van der Waals surface area contributed by atoms with Crippen molar-refractivity contribution < 1.29 is 28.9 Å². The van der Waals surface area contributed by atoms with E-state index in [1.54, 1.807) is 6.07 Å². The zero-order valence-corrected chi connectivity index (χ0v) is 15.2. The summed E-state index contributed by atoms with van der Waals surface area (Å²) < 4.78 is 16.0. The minimum Gasteiger partial charge on any atom is -0.486 e. The van der Waals surface area contributed by atoms with E-state index < -0.39 is 17.4 Å². The molecular weight excluding hydrogens is 358 g/mol. The molecule has 0 aliphatic carbocycles. The van der Waals surface area contributed by atoms with Crippen LogP contribution in [-0.2, 0) is 9.53 Å². The number of benzene rings is 1. The van der Waals surface area contributed by atoms with E-state index >= 15 is 0 Å². The Bertz CT molecular complexity index is 833. The summed E-state index contributed by atoms with van der Waals surface area (Å²) in [5.41, 5.74) is -0.594. The lowest BCUT2D eigenvalue weighted by Gasteiger charge is -2.24. The number of rotatable bonds is 6. The van der Waals surface area contributed by atoms with E-state index in [4.69, 9.17) is 14.2 Å². The molecule has 1 atom stereocenters. The van der Waals surface area contributed by atoms with Crippen LogP contribution in [0.2, 0.25) is 0 Å². The molecule has 0 bridgehead atoms. The molecule has 0 saturated heterocycles. The number of hydrogen-bond acceptors (Lipinski definition) is 6. The Balaban J connectivity index is 1.79. The fourth-order valence-corrected chi connectivity index (χ4v) is 3.46. The van der Waals surface area contributed by atoms with Crippen molar-refractivity contribution in [2.45, 2.75) is 12.5 Å². The van der Waals surface area contributed by atoms with Gasteiger partial charge in [0, 0.05) is 12.0 Å². The van der Waals surface area contributed by atoms with Crippen molar-refractivity contribution in [1.29, 1.82) is 0 Å². The number of thiophene rings is 1. The molecule has 1 aromatic carbocycles. The van der Waals surface area contributed by atoms with Crippen LogP contribution in [0.4, 0.5) is 0 Å². The molecule has 0 fully saturated rings. The topological polar surface area (TPSA) is 94.1 Å². The molecule has 26 heavy (non-hydrogen) atoms. The van der Waals surface area contributed by atoms with Gasteiger partial charge in [-0.3, -0.25) is 4.79 Å². The van der Waals surface area contributed by atoms with Crippen molar-refractivity contribution in [2.75, 3.05) is 26.9 Å². The third-order valence-corrected chi connectivity index (χ3v) is 5.08. The highest BCUT2D eigenvalue weighted by Crippen LogP contribution is 2.36. The molecule has 1 aromatic heterocycles. The molecule has 0 saturated carbocycles. The quantitative estimate of drug-likeness (QED) is 0.803. The number of carboxylic acids is 1. The van der Waals surface area contributed by atoms with E-state index in [0.29, 0.717) is 29.6 Å². The number of aliphatic carboxylic acids is 1. The van der Waals surface area contributed by atoms with Gasteiger partial charge in [-0.2, -0.15) is 0 Å². The molecule has 1 aliphatic rings. The largest absolute Gasteiger partial charge is 0.486 e. The van der Waals surface area contributed by atoms with Crippen LogP contribution in [-0.4, -0.2) is 49.5 Å². The summed E-state index contributed by atoms with van der Waals surface area (Å²) in [6, 6.07) is 9.09. The lowest BCUT2D eigenvalue weighted by Crippen LogP contribution is -2.55. The van der Waals surface area contributed by atoms with Crippen LogP contribution in [0.1, 0.15) is 16.6 Å². The fourth-order valence-electron chi connectivity index (χ4n) is 2.56. The average molecular weight is 377 g/mol. The van der Waals surface area contributed by atoms with E-state index in [-0.39, 0.29) is 6.61 Å². The standard InChI is InChI=1S/C18H19NO6S/c1-18(10-23-2,17(21)22)19-16(20)15-6-5-14(26-15)11-3-4-12-13(9-11)25-8-7-24-12/h3-6,9H,7-8,10H2,1-2H3,(H,19,20)(H,21,22). The van der Waals surface area contributed by atoms with Crippen LogP contribution in [0.5, 0.6) is 11.5 Å². The summed E-state index contributed by atoms with van der Waals surface area (Å²) in [4.78, 5) is 25.2. The van der Waals surface area contributed by atoms with Gasteiger partial charge in [0.1, 0.15) is 13.2 Å². The third-order valence-electron chi connectivity index (χ3n) is 3.95. The second-order valence-electron chi connectivity index (χ2n) is 6.05. The summed E-state index contributed by atoms with van der Waals surface area (Å²) >= 11 is 1.27. The van der Waals surface area contributed by atoms with Gasteiger partial charge in [-0.25, -0.2) is 4.79 Å². The summed E-state index contributed by atoms with van der Waals surface area (Å²) in [5, 5.41) is 11.9. The Morgan fingerprint density at radius 3 is 2.65 bits per heavy atom. The van der Waals surface area contributed by atoms with Crippen LogP contribution in [0.3, 0.4) is 0 Å². The monoisotopic (exact) mass is 377 g/mol. The molecule has 138 valence electrons. The van der Waals surface area contributed by atoms with Gasteiger partial charge in [0.05, 0.1) is 11.5 Å². The number of carbonyl (C=O) groups excluding carboxylic acids is 1. The van der Waals surface area contributed by atoms with Crippen molar-refractivity contribution >= 4 is 23.2 Å². The molecule has 1 unspecified atom stereocenters. The second-order valence-corrected chi connectivity index (χ2v) is 7.13. The van der Waals surface area contributed by atoms with Gasteiger partial charge in [0.25, 0.3) is 5.91 Å². The number of fused-ring (bicyclic) bond motifs is 1. The predicted octanol–water partition coefficient (Wildman–Crippen LogP) is 2.41. The maximum atomic E-state index is 12.5. The molecule has 2 N–H and O–H groups in total. The Morgan fingerprint density at radius 1 is 1.23 bits per heavy atom. The molecule has 7 nitrogen and oxygen atoms in total. The van der Waals surface area contributed by atoms with Gasteiger partial charge in [-0.05, 0) is 42.8 Å². The van der Waals surface area contributed by atoms with Crippen LogP contribution in [0.25, 0.3) is 10.4 Å². The molecule has 8 heteroatoms. The molecule has 2 heterocycles. The van der Waals surface area contributed by atoms with E-state index in [1.807, 2.05) is 24.3 Å². The van der Waals surface area contributed by atoms with Gasteiger partial charge < -0.3 is 24.6 Å². The molecule has 1 aliphatic heterocycles. The zero-order chi connectivity index (χ0) is 18.7. The number of methoxy groups -OCH3 is 1. The Labute approximate surface area is 154 Å². The number of ether oxygens (including phenoxy) is 3. The fraction of sp³-hybridized carbons (Fsp3) is 0.333. The summed E-state index contributed by atoms with van der Waals surface area (Å²) in [5.74, 6) is -0.241. The summed E-state index contributed by atoms with van der Waals surface area (Å²) in [7, 11) is 1.39. The van der Waals surface area contributed by atoms with Gasteiger partial charge in [0.2, 0.25) is 0 Å². The third kappa shape index (κ3) is 3.66. The Morgan fingerprint density at radius 2 is 1.96 bits per heavy atom. The molecule has 2 aromatic rings. The average Bonchev–Trinajstić information content (AvgIpc) is 3.11. The maximum Gasteiger partial charge on any atom is 0.331 e. The summed E-state index contributed by atoms with van der Waals surface area (Å²) in [6.45, 7) is 2.31. The minimum absolute atomic E-state index is 0.130. The molecule has 1 amide bonds. The highest BCUT2D eigenvalue weighted by Gasteiger charge is 2.35. The molecule has 0 radical (unpaired) electrons. The van der Waals surface area contributed by atoms with Crippen molar-refractivity contribution in [2.24, 2.45) is 0 Å². The van der Waals surface area contributed by atoms with E-state index in [1.165, 1.54) is 25.4 Å². The first kappa shape index (κ1) is 18.2. The SMILES string of the molecule is COCC(C)(NC(=O)c1ccc(-c2ccc3c(c2)OCCO3)s1)C(=O)O. The number of carbonyl (C=O) groups is 2. The number of amides is 1. The van der Waals surface area contributed by atoms with Crippen LogP contribution in [0, 0.1) is 0 Å². The number of carboxylic acid groups (broad SMARTS) is 1. The maximum absolute atomic E-state index is 12.5. The van der Waals surface area contributed by atoms with Crippen LogP contribution in [0.15, 0.2) is 30.3 Å². The van der Waals surface area contributed by atoms with Gasteiger partial charge in [-0.15, -0.1) is 11.3 Å². The van der Waals surface area contributed by atoms with Crippen molar-refractivity contribution in [3.05, 3.63) is 35.2 Å². The van der Waals surface area contributed by atoms with Crippen LogP contribution >= 0.6 is 11.3 Å². The van der Waals surface area contributed by atoms with Crippen LogP contribution < -0.4 is 14.8 Å². The Kier molecular flexibility index (Phi) is 5.15. The van der Waals surface area contributed by atoms with E-state index in [2.05, 4.69) is 5.32 Å². The van der Waals surface area contributed by atoms with Crippen molar-refractivity contribution in [3.63, 3.8) is 0 Å². The van der Waals surface area contributed by atoms with Crippen molar-refractivity contribution in [3.8, 4) is 21.9 Å². The normalized spacial score (nSPS) is 15.2. The highest BCUT2D eigenvalue weighted by molar-refractivity contribution is 7.17. The molecular formula is C18H19NO6S. The first-order valence-corrected chi connectivity index (χ1v) is 8.79. The predicted molar refractivity (Wildman–Crippen MR) is 96.1 cm³/mol. The highest BCUT2D eigenvalue weighted by atomic mass is 32.1. The van der Waals surface area contributed by atoms with Crippen molar-refractivity contribution in [1.82, 2.24) is 5.32 Å². The number of nitrogens with one attached hydrogen (secondary N) is 1. The number of hydrogen-bond donors (Lipinski definition) is 2. The zero-order valence-electron chi connectivity index (χ0n) is 14.4. The molecule has 0 spiro atoms. The Hall–Kier alpha value is -2.58. The first-order chi connectivity index (χ1) is 12.4. The van der Waals surface area contributed by atoms with E-state index in [9.17, 15) is 14.7 Å². The molecule has 3 rings (SSSR count). The lowest BCUT2D eigenvalue weighted by molar-refractivity contribution is -0.145. The smallest absolute Gasteiger partial charge is 0.331 e. The van der Waals surface area contributed by atoms with E-state index in [0.717, 1.165) is 10.4 Å². The second kappa shape index (κ2) is 7.35. The summed E-state index contributed by atoms with van der Waals surface area (Å²) in [6.07, 6.45) is 0.